The summed E-state index contributed by atoms with van der Waals surface area (Å²) in [5.74, 6) is 0.645. The van der Waals surface area contributed by atoms with E-state index in [1.807, 2.05) is 11.3 Å². The Labute approximate surface area is 102 Å². The van der Waals surface area contributed by atoms with Crippen LogP contribution in [0.3, 0.4) is 0 Å². The van der Waals surface area contributed by atoms with Crippen LogP contribution in [0.4, 0.5) is 0 Å². The van der Waals surface area contributed by atoms with Gasteiger partial charge in [0.15, 0.2) is 0 Å². The SMILES string of the molecule is C1=CC(C2(c3cccs3)CCCCC2)C=C1. The van der Waals surface area contributed by atoms with E-state index < -0.39 is 0 Å². The molecule has 0 unspecified atom stereocenters. The van der Waals surface area contributed by atoms with Crippen molar-refractivity contribution in [2.24, 2.45) is 5.92 Å². The number of hydrogen-bond acceptors (Lipinski definition) is 1. The maximum Gasteiger partial charge on any atom is 0.0144 e. The Hall–Kier alpha value is -0.820. The molecule has 1 saturated carbocycles. The van der Waals surface area contributed by atoms with Crippen molar-refractivity contribution in [3.05, 3.63) is 46.7 Å². The number of allylic oxidation sites excluding steroid dienone is 4. The molecule has 0 saturated heterocycles. The minimum atomic E-state index is 0.427. The van der Waals surface area contributed by atoms with Gasteiger partial charge in [0, 0.05) is 16.2 Å². The van der Waals surface area contributed by atoms with Gasteiger partial charge >= 0.3 is 0 Å². The van der Waals surface area contributed by atoms with Crippen LogP contribution in [0, 0.1) is 5.92 Å². The molecule has 2 aliphatic carbocycles. The first-order valence-corrected chi connectivity index (χ1v) is 7.19. The Morgan fingerprint density at radius 3 is 2.44 bits per heavy atom. The van der Waals surface area contributed by atoms with Gasteiger partial charge in [-0.3, -0.25) is 0 Å². The molecular weight excluding hydrogens is 212 g/mol. The Morgan fingerprint density at radius 2 is 1.81 bits per heavy atom. The summed E-state index contributed by atoms with van der Waals surface area (Å²) in [5.41, 5.74) is 0.427. The fraction of sp³-hybridized carbons (Fsp3) is 0.467. The van der Waals surface area contributed by atoms with E-state index >= 15 is 0 Å². The van der Waals surface area contributed by atoms with E-state index in [2.05, 4.69) is 41.8 Å². The summed E-state index contributed by atoms with van der Waals surface area (Å²) in [5, 5.41) is 2.23. The van der Waals surface area contributed by atoms with Crippen LogP contribution in [0.2, 0.25) is 0 Å². The van der Waals surface area contributed by atoms with Gasteiger partial charge in [-0.15, -0.1) is 11.3 Å². The van der Waals surface area contributed by atoms with Crippen molar-refractivity contribution in [2.45, 2.75) is 37.5 Å². The Bertz CT molecular complexity index is 379. The molecule has 0 radical (unpaired) electrons. The van der Waals surface area contributed by atoms with E-state index in [-0.39, 0.29) is 0 Å². The summed E-state index contributed by atoms with van der Waals surface area (Å²) in [6.45, 7) is 0. The first-order chi connectivity index (χ1) is 7.92. The summed E-state index contributed by atoms with van der Waals surface area (Å²) >= 11 is 1.95. The summed E-state index contributed by atoms with van der Waals surface area (Å²) < 4.78 is 0. The van der Waals surface area contributed by atoms with Gasteiger partial charge in [0.05, 0.1) is 0 Å². The quantitative estimate of drug-likeness (QED) is 0.691. The van der Waals surface area contributed by atoms with Gasteiger partial charge in [-0.05, 0) is 24.3 Å². The lowest BCUT2D eigenvalue weighted by Gasteiger charge is -2.40. The molecule has 2 aliphatic rings. The zero-order chi connectivity index (χ0) is 10.8. The Morgan fingerprint density at radius 1 is 1.06 bits per heavy atom. The smallest absolute Gasteiger partial charge is 0.0144 e. The fourth-order valence-electron chi connectivity index (χ4n) is 3.29. The van der Waals surface area contributed by atoms with Gasteiger partial charge in [0.2, 0.25) is 0 Å². The summed E-state index contributed by atoms with van der Waals surface area (Å²) in [6, 6.07) is 4.55. The van der Waals surface area contributed by atoms with Gasteiger partial charge in [0.1, 0.15) is 0 Å². The molecule has 1 heteroatoms. The highest BCUT2D eigenvalue weighted by Gasteiger charge is 2.40. The first kappa shape index (κ1) is 10.3. The molecule has 3 rings (SSSR count). The highest BCUT2D eigenvalue weighted by atomic mass is 32.1. The van der Waals surface area contributed by atoms with E-state index in [1.54, 1.807) is 4.88 Å². The Balaban J connectivity index is 1.99. The van der Waals surface area contributed by atoms with Crippen LogP contribution in [-0.4, -0.2) is 0 Å². The largest absolute Gasteiger partial charge is 0.148 e. The second-order valence-electron chi connectivity index (χ2n) is 4.99. The zero-order valence-electron chi connectivity index (χ0n) is 9.56. The van der Waals surface area contributed by atoms with Crippen molar-refractivity contribution in [1.82, 2.24) is 0 Å². The van der Waals surface area contributed by atoms with Crippen LogP contribution in [0.15, 0.2) is 41.8 Å². The molecule has 0 N–H and O–H groups in total. The number of hydrogen-bond donors (Lipinski definition) is 0. The predicted molar refractivity (Wildman–Crippen MR) is 70.9 cm³/mol. The van der Waals surface area contributed by atoms with Crippen LogP contribution >= 0.6 is 11.3 Å². The van der Waals surface area contributed by atoms with Crippen LogP contribution in [-0.2, 0) is 5.41 Å². The topological polar surface area (TPSA) is 0 Å². The van der Waals surface area contributed by atoms with Crippen LogP contribution in [0.25, 0.3) is 0 Å². The van der Waals surface area contributed by atoms with Crippen LogP contribution < -0.4 is 0 Å². The molecule has 1 aromatic rings. The number of thiophene rings is 1. The molecule has 1 aromatic heterocycles. The van der Waals surface area contributed by atoms with Crippen molar-refractivity contribution < 1.29 is 0 Å². The minimum Gasteiger partial charge on any atom is -0.148 e. The van der Waals surface area contributed by atoms with Crippen molar-refractivity contribution in [3.63, 3.8) is 0 Å². The van der Waals surface area contributed by atoms with E-state index in [4.69, 9.17) is 0 Å². The van der Waals surface area contributed by atoms with Crippen LogP contribution in [0.1, 0.15) is 37.0 Å². The minimum absolute atomic E-state index is 0.427. The van der Waals surface area contributed by atoms with Gasteiger partial charge < -0.3 is 0 Å². The summed E-state index contributed by atoms with van der Waals surface area (Å²) in [6.07, 6.45) is 16.2. The predicted octanol–water partition coefficient (Wildman–Crippen LogP) is 4.69. The van der Waals surface area contributed by atoms with E-state index in [0.717, 1.165) is 0 Å². The van der Waals surface area contributed by atoms with Crippen molar-refractivity contribution in [1.29, 1.82) is 0 Å². The highest BCUT2D eigenvalue weighted by Crippen LogP contribution is 2.48. The highest BCUT2D eigenvalue weighted by molar-refractivity contribution is 7.10. The maximum atomic E-state index is 2.39. The van der Waals surface area contributed by atoms with Crippen molar-refractivity contribution in [2.75, 3.05) is 0 Å². The molecule has 84 valence electrons. The van der Waals surface area contributed by atoms with E-state index in [9.17, 15) is 0 Å². The van der Waals surface area contributed by atoms with Crippen molar-refractivity contribution >= 4 is 11.3 Å². The second kappa shape index (κ2) is 4.21. The second-order valence-corrected chi connectivity index (χ2v) is 5.94. The fourth-order valence-corrected chi connectivity index (χ4v) is 4.32. The molecule has 0 bridgehead atoms. The standard InChI is InChI=1S/C15H18S/c1-4-10-15(11-5-1,13-7-2-3-8-13)14-9-6-12-16-14/h2-3,6-9,12-13H,1,4-5,10-11H2. The number of rotatable bonds is 2. The lowest BCUT2D eigenvalue weighted by atomic mass is 9.65. The zero-order valence-corrected chi connectivity index (χ0v) is 10.4. The lowest BCUT2D eigenvalue weighted by molar-refractivity contribution is 0.258. The first-order valence-electron chi connectivity index (χ1n) is 6.31. The average molecular weight is 230 g/mol. The molecule has 0 amide bonds. The molecule has 16 heavy (non-hydrogen) atoms. The van der Waals surface area contributed by atoms with E-state index in [0.29, 0.717) is 11.3 Å². The third kappa shape index (κ3) is 1.58. The molecule has 1 heterocycles. The molecule has 0 spiro atoms. The van der Waals surface area contributed by atoms with Gasteiger partial charge in [0.25, 0.3) is 0 Å². The molecule has 0 aromatic carbocycles. The molecular formula is C15H18S. The summed E-state index contributed by atoms with van der Waals surface area (Å²) in [7, 11) is 0. The third-order valence-corrected chi connectivity index (χ3v) is 5.23. The Kier molecular flexibility index (Phi) is 2.72. The van der Waals surface area contributed by atoms with Gasteiger partial charge in [-0.2, -0.15) is 0 Å². The average Bonchev–Trinajstić information content (AvgIpc) is 3.04. The molecule has 0 aliphatic heterocycles. The van der Waals surface area contributed by atoms with Gasteiger partial charge in [-0.1, -0.05) is 49.6 Å². The normalized spacial score (nSPS) is 24.0. The molecule has 0 nitrogen and oxygen atoms in total. The maximum absolute atomic E-state index is 2.39. The summed E-state index contributed by atoms with van der Waals surface area (Å²) in [4.78, 5) is 1.61. The monoisotopic (exact) mass is 230 g/mol. The van der Waals surface area contributed by atoms with Gasteiger partial charge in [-0.25, -0.2) is 0 Å². The molecule has 0 atom stereocenters. The molecule has 1 fully saturated rings. The van der Waals surface area contributed by atoms with Crippen LogP contribution in [0.5, 0.6) is 0 Å². The van der Waals surface area contributed by atoms with E-state index in [1.165, 1.54) is 32.1 Å². The lowest BCUT2D eigenvalue weighted by Crippen LogP contribution is -2.34. The van der Waals surface area contributed by atoms with Crippen molar-refractivity contribution in [3.8, 4) is 0 Å². The third-order valence-electron chi connectivity index (χ3n) is 4.14.